The third kappa shape index (κ3) is 2.66. The minimum absolute atomic E-state index is 0.362. The molecule has 0 spiro atoms. The fourth-order valence-electron chi connectivity index (χ4n) is 1.67. The number of benzene rings is 1. The zero-order valence-corrected chi connectivity index (χ0v) is 10.9. The highest BCUT2D eigenvalue weighted by Gasteiger charge is 2.12. The Kier molecular flexibility index (Phi) is 3.05. The first-order chi connectivity index (χ1) is 9.20. The van der Waals surface area contributed by atoms with Gasteiger partial charge in [0.2, 0.25) is 5.89 Å². The van der Waals surface area contributed by atoms with Crippen LogP contribution in [0.25, 0.3) is 11.6 Å². The van der Waals surface area contributed by atoms with E-state index in [1.54, 1.807) is 6.92 Å². The van der Waals surface area contributed by atoms with Crippen LogP contribution in [0.1, 0.15) is 17.3 Å². The summed E-state index contributed by atoms with van der Waals surface area (Å²) in [6.07, 6.45) is 2.05. The zero-order valence-electron chi connectivity index (χ0n) is 10.1. The lowest BCUT2D eigenvalue weighted by Crippen LogP contribution is -1.87. The molecule has 2 heterocycles. The van der Waals surface area contributed by atoms with Crippen molar-refractivity contribution < 1.29 is 8.83 Å². The van der Waals surface area contributed by atoms with Gasteiger partial charge in [-0.2, -0.15) is 0 Å². The maximum atomic E-state index is 5.83. The minimum atomic E-state index is 0.362. The van der Waals surface area contributed by atoms with Crippen molar-refractivity contribution in [1.29, 1.82) is 0 Å². The van der Waals surface area contributed by atoms with Crippen molar-refractivity contribution in [3.63, 3.8) is 0 Å². The molecule has 19 heavy (non-hydrogen) atoms. The summed E-state index contributed by atoms with van der Waals surface area (Å²) in [7, 11) is 0. The molecule has 0 aliphatic heterocycles. The molecule has 0 amide bonds. The molecular formula is C13H10ClN3O2. The fourth-order valence-corrected chi connectivity index (χ4v) is 1.79. The number of rotatable bonds is 3. The van der Waals surface area contributed by atoms with Crippen LogP contribution in [-0.2, 0) is 6.42 Å². The third-order valence-corrected chi connectivity index (χ3v) is 2.83. The van der Waals surface area contributed by atoms with Crippen molar-refractivity contribution in [1.82, 2.24) is 15.2 Å². The lowest BCUT2D eigenvalue weighted by molar-refractivity contribution is 0.512. The Morgan fingerprint density at radius 2 is 1.95 bits per heavy atom. The van der Waals surface area contributed by atoms with Gasteiger partial charge in [0.25, 0.3) is 5.89 Å². The van der Waals surface area contributed by atoms with Crippen molar-refractivity contribution in [2.75, 3.05) is 0 Å². The average Bonchev–Trinajstić information content (AvgIpc) is 3.01. The van der Waals surface area contributed by atoms with E-state index < -0.39 is 0 Å². The summed E-state index contributed by atoms with van der Waals surface area (Å²) in [5.74, 6) is 1.45. The zero-order chi connectivity index (χ0) is 13.2. The average molecular weight is 276 g/mol. The number of halogens is 1. The van der Waals surface area contributed by atoms with E-state index in [1.165, 1.54) is 6.26 Å². The molecule has 0 saturated heterocycles. The molecule has 3 rings (SSSR count). The molecule has 0 fully saturated rings. The lowest BCUT2D eigenvalue weighted by atomic mass is 10.1. The fraction of sp³-hybridized carbons (Fsp3) is 0.154. The predicted molar refractivity (Wildman–Crippen MR) is 68.8 cm³/mol. The SMILES string of the molecule is Cc1nc(-c2nnc(Cc3ccc(Cl)cc3)o2)co1. The summed E-state index contributed by atoms with van der Waals surface area (Å²) in [4.78, 5) is 4.13. The van der Waals surface area contributed by atoms with E-state index in [1.807, 2.05) is 24.3 Å². The maximum Gasteiger partial charge on any atom is 0.269 e. The number of aryl methyl sites for hydroxylation is 1. The van der Waals surface area contributed by atoms with Gasteiger partial charge in [0.05, 0.1) is 6.42 Å². The van der Waals surface area contributed by atoms with Gasteiger partial charge < -0.3 is 8.83 Å². The second-order valence-corrected chi connectivity index (χ2v) is 4.49. The lowest BCUT2D eigenvalue weighted by Gasteiger charge is -1.96. The molecule has 0 saturated carbocycles. The Morgan fingerprint density at radius 1 is 1.16 bits per heavy atom. The third-order valence-electron chi connectivity index (χ3n) is 2.57. The first-order valence-electron chi connectivity index (χ1n) is 5.70. The summed E-state index contributed by atoms with van der Waals surface area (Å²) < 4.78 is 10.6. The molecule has 0 bridgehead atoms. The quantitative estimate of drug-likeness (QED) is 0.734. The largest absolute Gasteiger partial charge is 0.448 e. The molecule has 6 heteroatoms. The maximum absolute atomic E-state index is 5.83. The first kappa shape index (κ1) is 11.9. The minimum Gasteiger partial charge on any atom is -0.448 e. The van der Waals surface area contributed by atoms with Crippen LogP contribution in [0.2, 0.25) is 5.02 Å². The van der Waals surface area contributed by atoms with E-state index >= 15 is 0 Å². The van der Waals surface area contributed by atoms with Crippen LogP contribution >= 0.6 is 11.6 Å². The molecule has 3 aromatic rings. The van der Waals surface area contributed by atoms with Crippen LogP contribution < -0.4 is 0 Å². The number of hydrogen-bond donors (Lipinski definition) is 0. The van der Waals surface area contributed by atoms with Crippen LogP contribution in [0.4, 0.5) is 0 Å². The Hall–Kier alpha value is -2.14. The highest BCUT2D eigenvalue weighted by Crippen LogP contribution is 2.19. The van der Waals surface area contributed by atoms with Crippen LogP contribution in [-0.4, -0.2) is 15.2 Å². The van der Waals surface area contributed by atoms with E-state index in [0.717, 1.165) is 5.56 Å². The highest BCUT2D eigenvalue weighted by atomic mass is 35.5. The summed E-state index contributed by atoms with van der Waals surface area (Å²) >= 11 is 5.83. The smallest absolute Gasteiger partial charge is 0.269 e. The van der Waals surface area contributed by atoms with Gasteiger partial charge in [0, 0.05) is 11.9 Å². The molecule has 0 radical (unpaired) electrons. The van der Waals surface area contributed by atoms with Crippen LogP contribution in [0.15, 0.2) is 39.4 Å². The van der Waals surface area contributed by atoms with Gasteiger partial charge in [0.15, 0.2) is 11.6 Å². The van der Waals surface area contributed by atoms with Crippen LogP contribution in [0.3, 0.4) is 0 Å². The molecule has 0 unspecified atom stereocenters. The van der Waals surface area contributed by atoms with Gasteiger partial charge in [-0.25, -0.2) is 4.98 Å². The van der Waals surface area contributed by atoms with Crippen molar-refractivity contribution in [2.24, 2.45) is 0 Å². The van der Waals surface area contributed by atoms with Gasteiger partial charge in [-0.1, -0.05) is 23.7 Å². The highest BCUT2D eigenvalue weighted by molar-refractivity contribution is 6.30. The number of hydrogen-bond acceptors (Lipinski definition) is 5. The molecule has 5 nitrogen and oxygen atoms in total. The molecule has 0 atom stereocenters. The summed E-state index contributed by atoms with van der Waals surface area (Å²) in [5, 5.41) is 8.64. The van der Waals surface area contributed by atoms with E-state index in [-0.39, 0.29) is 0 Å². The molecule has 96 valence electrons. The van der Waals surface area contributed by atoms with E-state index in [0.29, 0.717) is 34.8 Å². The second kappa shape index (κ2) is 4.85. The Bertz CT molecular complexity index is 688. The summed E-state index contributed by atoms with van der Waals surface area (Å²) in [5.41, 5.74) is 1.60. The van der Waals surface area contributed by atoms with Crippen molar-refractivity contribution in [2.45, 2.75) is 13.3 Å². The summed E-state index contributed by atoms with van der Waals surface area (Å²) in [6.45, 7) is 1.76. The second-order valence-electron chi connectivity index (χ2n) is 4.06. The van der Waals surface area contributed by atoms with Gasteiger partial charge in [-0.15, -0.1) is 10.2 Å². The van der Waals surface area contributed by atoms with Crippen LogP contribution in [0.5, 0.6) is 0 Å². The predicted octanol–water partition coefficient (Wildman–Crippen LogP) is 3.28. The van der Waals surface area contributed by atoms with Crippen molar-refractivity contribution in [3.8, 4) is 11.6 Å². The van der Waals surface area contributed by atoms with Gasteiger partial charge in [-0.3, -0.25) is 0 Å². The van der Waals surface area contributed by atoms with E-state index in [4.69, 9.17) is 20.4 Å². The van der Waals surface area contributed by atoms with Gasteiger partial charge in [0.1, 0.15) is 6.26 Å². The Morgan fingerprint density at radius 3 is 2.63 bits per heavy atom. The standard InChI is InChI=1S/C13H10ClN3O2/c1-8-15-11(7-18-8)13-17-16-12(19-13)6-9-2-4-10(14)5-3-9/h2-5,7H,6H2,1H3. The van der Waals surface area contributed by atoms with Crippen LogP contribution in [0, 0.1) is 6.92 Å². The van der Waals surface area contributed by atoms with Crippen molar-refractivity contribution >= 4 is 11.6 Å². The number of aromatic nitrogens is 3. The molecule has 2 aromatic heterocycles. The first-order valence-corrected chi connectivity index (χ1v) is 6.08. The molecule has 0 aliphatic carbocycles. The topological polar surface area (TPSA) is 65.0 Å². The van der Waals surface area contributed by atoms with Gasteiger partial charge >= 0.3 is 0 Å². The number of oxazole rings is 1. The van der Waals surface area contributed by atoms with E-state index in [2.05, 4.69) is 15.2 Å². The molecule has 1 aromatic carbocycles. The van der Waals surface area contributed by atoms with E-state index in [9.17, 15) is 0 Å². The Balaban J connectivity index is 1.80. The number of nitrogens with zero attached hydrogens (tertiary/aromatic N) is 3. The molecular weight excluding hydrogens is 266 g/mol. The normalized spacial score (nSPS) is 10.8. The monoisotopic (exact) mass is 275 g/mol. The Labute approximate surface area is 114 Å². The summed E-state index contributed by atoms with van der Waals surface area (Å²) in [6, 6.07) is 7.50. The molecule has 0 N–H and O–H groups in total. The van der Waals surface area contributed by atoms with Crippen molar-refractivity contribution in [3.05, 3.63) is 52.9 Å². The molecule has 0 aliphatic rings. The van der Waals surface area contributed by atoms with Gasteiger partial charge in [-0.05, 0) is 17.7 Å².